The van der Waals surface area contributed by atoms with Crippen molar-refractivity contribution >= 4 is 11.7 Å². The van der Waals surface area contributed by atoms with Crippen LogP contribution >= 0.6 is 0 Å². The molecule has 0 radical (unpaired) electrons. The number of aromatic nitrogens is 2. The Kier molecular flexibility index (Phi) is 2.99. The summed E-state index contributed by atoms with van der Waals surface area (Å²) in [5.41, 5.74) is -0.888. The second-order valence-electron chi connectivity index (χ2n) is 3.75. The first-order chi connectivity index (χ1) is 8.91. The first-order valence-electron chi connectivity index (χ1n) is 5.15. The summed E-state index contributed by atoms with van der Waals surface area (Å²) < 4.78 is 14.7. The van der Waals surface area contributed by atoms with Crippen molar-refractivity contribution in [2.45, 2.75) is 6.92 Å². The van der Waals surface area contributed by atoms with E-state index in [0.717, 1.165) is 16.8 Å². The van der Waals surface area contributed by atoms with Gasteiger partial charge in [0.1, 0.15) is 0 Å². The normalized spacial score (nSPS) is 10.4. The molecule has 0 saturated carbocycles. The lowest BCUT2D eigenvalue weighted by Crippen LogP contribution is -2.07. The van der Waals surface area contributed by atoms with E-state index in [1.807, 2.05) is 0 Å². The van der Waals surface area contributed by atoms with E-state index in [1.165, 1.54) is 19.1 Å². The number of nitro benzene ring substituents is 1. The van der Waals surface area contributed by atoms with E-state index >= 15 is 0 Å². The molecule has 0 aliphatic rings. The van der Waals surface area contributed by atoms with Crippen molar-refractivity contribution < 1.29 is 19.2 Å². The number of benzene rings is 1. The Bertz CT molecular complexity index is 681. The van der Waals surface area contributed by atoms with Gasteiger partial charge in [0.15, 0.2) is 17.2 Å². The predicted molar refractivity (Wildman–Crippen MR) is 61.9 cm³/mol. The van der Waals surface area contributed by atoms with Crippen LogP contribution in [0, 0.1) is 22.9 Å². The highest BCUT2D eigenvalue weighted by atomic mass is 19.1. The van der Waals surface area contributed by atoms with E-state index in [2.05, 4.69) is 5.10 Å². The van der Waals surface area contributed by atoms with Gasteiger partial charge in [-0.1, -0.05) is 6.07 Å². The van der Waals surface area contributed by atoms with Crippen LogP contribution in [0.3, 0.4) is 0 Å². The molecule has 98 valence electrons. The van der Waals surface area contributed by atoms with Crippen molar-refractivity contribution in [3.05, 3.63) is 51.6 Å². The maximum absolute atomic E-state index is 13.8. The Labute approximate surface area is 106 Å². The van der Waals surface area contributed by atoms with E-state index in [0.29, 0.717) is 0 Å². The maximum atomic E-state index is 13.8. The molecular weight excluding hydrogens is 257 g/mol. The number of hydrogen-bond acceptors (Lipinski definition) is 4. The number of hydrogen-bond donors (Lipinski definition) is 1. The van der Waals surface area contributed by atoms with Gasteiger partial charge in [-0.3, -0.25) is 10.1 Å². The lowest BCUT2D eigenvalue weighted by Gasteiger charge is -2.06. The minimum Gasteiger partial charge on any atom is -0.476 e. The maximum Gasteiger partial charge on any atom is 0.356 e. The Balaban J connectivity index is 2.71. The van der Waals surface area contributed by atoms with Crippen LogP contribution in [0.25, 0.3) is 5.69 Å². The van der Waals surface area contributed by atoms with Gasteiger partial charge in [0, 0.05) is 11.8 Å². The van der Waals surface area contributed by atoms with Gasteiger partial charge in [-0.2, -0.15) is 5.10 Å². The number of carbonyl (C=O) groups is 1. The predicted octanol–water partition coefficient (Wildman–Crippen LogP) is 1.93. The zero-order chi connectivity index (χ0) is 14.2. The van der Waals surface area contributed by atoms with E-state index in [9.17, 15) is 19.3 Å². The van der Waals surface area contributed by atoms with Crippen LogP contribution in [0.4, 0.5) is 10.1 Å². The average molecular weight is 265 g/mol. The van der Waals surface area contributed by atoms with E-state index in [4.69, 9.17) is 5.11 Å². The van der Waals surface area contributed by atoms with Crippen molar-refractivity contribution in [2.24, 2.45) is 0 Å². The Morgan fingerprint density at radius 3 is 2.74 bits per heavy atom. The van der Waals surface area contributed by atoms with Crippen molar-refractivity contribution in [2.75, 3.05) is 0 Å². The summed E-state index contributed by atoms with van der Waals surface area (Å²) in [7, 11) is 0. The summed E-state index contributed by atoms with van der Waals surface area (Å²) in [5.74, 6) is -2.14. The van der Waals surface area contributed by atoms with Crippen LogP contribution in [0.2, 0.25) is 0 Å². The fraction of sp³-hybridized carbons (Fsp3) is 0.0909. The molecule has 0 spiro atoms. The topological polar surface area (TPSA) is 98.3 Å². The Hall–Kier alpha value is -2.77. The molecule has 1 heterocycles. The molecule has 0 amide bonds. The smallest absolute Gasteiger partial charge is 0.356 e. The van der Waals surface area contributed by atoms with Crippen molar-refractivity contribution in [1.82, 2.24) is 9.78 Å². The summed E-state index contributed by atoms with van der Waals surface area (Å²) in [6.07, 6.45) is 0. The summed E-state index contributed by atoms with van der Waals surface area (Å²) >= 11 is 0. The number of halogens is 1. The molecule has 0 atom stereocenters. The lowest BCUT2D eigenvalue weighted by atomic mass is 10.2. The van der Waals surface area contributed by atoms with Crippen molar-refractivity contribution in [1.29, 1.82) is 0 Å². The van der Waals surface area contributed by atoms with Crippen molar-refractivity contribution in [3.8, 4) is 5.69 Å². The van der Waals surface area contributed by atoms with Gasteiger partial charge >= 0.3 is 5.97 Å². The van der Waals surface area contributed by atoms with Gasteiger partial charge < -0.3 is 5.11 Å². The van der Waals surface area contributed by atoms with E-state index in [-0.39, 0.29) is 17.1 Å². The molecule has 1 N–H and O–H groups in total. The minimum atomic E-state index is -1.29. The molecule has 0 saturated heterocycles. The van der Waals surface area contributed by atoms with Gasteiger partial charge in [0.2, 0.25) is 0 Å². The molecule has 0 bridgehead atoms. The molecule has 2 aromatic rings. The number of rotatable bonds is 3. The first-order valence-corrected chi connectivity index (χ1v) is 5.15. The molecule has 8 heteroatoms. The zero-order valence-electron chi connectivity index (χ0n) is 9.70. The summed E-state index contributed by atoms with van der Waals surface area (Å²) in [6, 6.07) is 4.58. The number of aryl methyl sites for hydroxylation is 1. The second kappa shape index (κ2) is 4.48. The Morgan fingerprint density at radius 2 is 2.21 bits per heavy atom. The Morgan fingerprint density at radius 1 is 1.53 bits per heavy atom. The SMILES string of the molecule is Cc1cc(C(=O)O)nn1-c1c(F)cccc1[N+](=O)[O-]. The number of carboxylic acid groups (broad SMARTS) is 1. The molecule has 19 heavy (non-hydrogen) atoms. The van der Waals surface area contributed by atoms with Gasteiger partial charge in [-0.05, 0) is 19.1 Å². The number of nitro groups is 1. The second-order valence-corrected chi connectivity index (χ2v) is 3.75. The molecule has 1 aromatic carbocycles. The minimum absolute atomic E-state index is 0.283. The van der Waals surface area contributed by atoms with Gasteiger partial charge in [-0.15, -0.1) is 0 Å². The first kappa shape index (κ1) is 12.7. The number of nitrogens with zero attached hydrogens (tertiary/aromatic N) is 3. The van der Waals surface area contributed by atoms with Crippen LogP contribution in [0.5, 0.6) is 0 Å². The molecule has 7 nitrogen and oxygen atoms in total. The highest BCUT2D eigenvalue weighted by Crippen LogP contribution is 2.26. The molecule has 2 rings (SSSR count). The summed E-state index contributed by atoms with van der Waals surface area (Å²) in [4.78, 5) is 20.9. The van der Waals surface area contributed by atoms with Gasteiger partial charge in [-0.25, -0.2) is 13.9 Å². The number of para-hydroxylation sites is 1. The lowest BCUT2D eigenvalue weighted by molar-refractivity contribution is -0.384. The molecule has 0 aliphatic heterocycles. The fourth-order valence-corrected chi connectivity index (χ4v) is 1.67. The third-order valence-corrected chi connectivity index (χ3v) is 2.48. The zero-order valence-corrected chi connectivity index (χ0v) is 9.70. The quantitative estimate of drug-likeness (QED) is 0.675. The molecule has 0 aliphatic carbocycles. The van der Waals surface area contributed by atoms with Crippen LogP contribution in [0.1, 0.15) is 16.2 Å². The molecule has 1 aromatic heterocycles. The number of carboxylic acids is 1. The van der Waals surface area contributed by atoms with Crippen LogP contribution in [0.15, 0.2) is 24.3 Å². The van der Waals surface area contributed by atoms with Gasteiger partial charge in [0.05, 0.1) is 4.92 Å². The van der Waals surface area contributed by atoms with E-state index in [1.54, 1.807) is 0 Å². The third kappa shape index (κ3) is 2.15. The number of aromatic carboxylic acids is 1. The van der Waals surface area contributed by atoms with E-state index < -0.39 is 22.4 Å². The van der Waals surface area contributed by atoms with Crippen molar-refractivity contribution in [3.63, 3.8) is 0 Å². The van der Waals surface area contributed by atoms with Crippen LogP contribution in [-0.4, -0.2) is 25.8 Å². The largest absolute Gasteiger partial charge is 0.476 e. The highest BCUT2D eigenvalue weighted by molar-refractivity contribution is 5.85. The summed E-state index contributed by atoms with van der Waals surface area (Å²) in [5, 5.41) is 23.4. The summed E-state index contributed by atoms with van der Waals surface area (Å²) in [6.45, 7) is 1.48. The molecule has 0 unspecified atom stereocenters. The van der Waals surface area contributed by atoms with Crippen LogP contribution < -0.4 is 0 Å². The molecule has 0 fully saturated rings. The highest BCUT2D eigenvalue weighted by Gasteiger charge is 2.23. The molecular formula is C11H8FN3O4. The van der Waals surface area contributed by atoms with Crippen LogP contribution in [-0.2, 0) is 0 Å². The average Bonchev–Trinajstić information content (AvgIpc) is 2.71. The monoisotopic (exact) mass is 265 g/mol. The van der Waals surface area contributed by atoms with Gasteiger partial charge in [0.25, 0.3) is 5.69 Å². The fourth-order valence-electron chi connectivity index (χ4n) is 1.67. The standard InChI is InChI=1S/C11H8FN3O4/c1-6-5-8(11(16)17)13-14(6)10-7(12)3-2-4-9(10)15(18)19/h2-5H,1H3,(H,16,17). The third-order valence-electron chi connectivity index (χ3n) is 2.48.